The first-order valence-electron chi connectivity index (χ1n) is 7.90. The van der Waals surface area contributed by atoms with E-state index in [-0.39, 0.29) is 5.56 Å². The summed E-state index contributed by atoms with van der Waals surface area (Å²) in [6.45, 7) is 4.63. The first-order chi connectivity index (χ1) is 11.6. The van der Waals surface area contributed by atoms with Crippen LogP contribution in [0.4, 0.5) is 0 Å². The van der Waals surface area contributed by atoms with Gasteiger partial charge in [-0.25, -0.2) is 4.98 Å². The van der Waals surface area contributed by atoms with Crippen molar-refractivity contribution in [2.45, 2.75) is 31.3 Å². The van der Waals surface area contributed by atoms with Gasteiger partial charge in [-0.05, 0) is 32.0 Å². The summed E-state index contributed by atoms with van der Waals surface area (Å²) in [5.41, 5.74) is 3.05. The summed E-state index contributed by atoms with van der Waals surface area (Å²) in [5, 5.41) is 1.40. The van der Waals surface area contributed by atoms with Crippen molar-refractivity contribution < 1.29 is 4.74 Å². The summed E-state index contributed by atoms with van der Waals surface area (Å²) in [6, 6.07) is 13.6. The molecule has 0 unspecified atom stereocenters. The summed E-state index contributed by atoms with van der Waals surface area (Å²) in [6.07, 6.45) is 0. The number of para-hydroxylation sites is 1. The van der Waals surface area contributed by atoms with Crippen LogP contribution >= 0.6 is 11.8 Å². The Kier molecular flexibility index (Phi) is 4.90. The number of ether oxygens (including phenoxy) is 1. The number of methoxy groups -OCH3 is 1. The maximum Gasteiger partial charge on any atom is 0.262 e. The molecule has 4 nitrogen and oxygen atoms in total. The molecule has 0 amide bonds. The Morgan fingerprint density at radius 1 is 1.21 bits per heavy atom. The van der Waals surface area contributed by atoms with E-state index in [1.807, 2.05) is 43.3 Å². The molecule has 124 valence electrons. The van der Waals surface area contributed by atoms with Crippen molar-refractivity contribution >= 4 is 22.7 Å². The Hall–Kier alpha value is -2.27. The molecule has 0 aliphatic carbocycles. The summed E-state index contributed by atoms with van der Waals surface area (Å²) < 4.78 is 7.17. The van der Waals surface area contributed by atoms with Crippen molar-refractivity contribution in [3.8, 4) is 5.75 Å². The lowest BCUT2D eigenvalue weighted by Crippen LogP contribution is -2.22. The molecule has 0 atom stereocenters. The van der Waals surface area contributed by atoms with Crippen molar-refractivity contribution in [1.29, 1.82) is 0 Å². The fourth-order valence-electron chi connectivity index (χ4n) is 2.70. The number of benzene rings is 2. The van der Waals surface area contributed by atoms with E-state index in [0.717, 1.165) is 22.0 Å². The number of hydrogen-bond donors (Lipinski definition) is 0. The lowest BCUT2D eigenvalue weighted by molar-refractivity contribution is 0.411. The second-order valence-electron chi connectivity index (χ2n) is 5.56. The van der Waals surface area contributed by atoms with E-state index in [4.69, 9.17) is 4.74 Å². The smallest absolute Gasteiger partial charge is 0.262 e. The highest BCUT2D eigenvalue weighted by atomic mass is 32.2. The van der Waals surface area contributed by atoms with Crippen molar-refractivity contribution in [3.05, 3.63) is 63.9 Å². The largest absolute Gasteiger partial charge is 0.496 e. The molecular formula is C19H20N2O2S. The standard InChI is InChI=1S/C19H20N2O2S/c1-4-21-18(22)15-7-5-6-8-16(15)20-19(21)24-12-14-11-13(2)9-10-17(14)23-3/h5-11H,4,12H2,1-3H3. The predicted molar refractivity (Wildman–Crippen MR) is 99.0 cm³/mol. The number of aromatic nitrogens is 2. The minimum atomic E-state index is 0.0156. The van der Waals surface area contributed by atoms with Crippen molar-refractivity contribution in [3.63, 3.8) is 0 Å². The molecule has 5 heteroatoms. The van der Waals surface area contributed by atoms with Gasteiger partial charge in [0.25, 0.3) is 5.56 Å². The minimum absolute atomic E-state index is 0.0156. The molecule has 0 fully saturated rings. The topological polar surface area (TPSA) is 44.1 Å². The molecule has 3 rings (SSSR count). The Balaban J connectivity index is 1.99. The second kappa shape index (κ2) is 7.09. The van der Waals surface area contributed by atoms with Gasteiger partial charge in [0.1, 0.15) is 5.75 Å². The highest BCUT2D eigenvalue weighted by Gasteiger charge is 2.12. The van der Waals surface area contributed by atoms with E-state index in [1.54, 1.807) is 23.4 Å². The quantitative estimate of drug-likeness (QED) is 0.520. The molecule has 0 aliphatic heterocycles. The van der Waals surface area contributed by atoms with E-state index in [1.165, 1.54) is 5.56 Å². The molecule has 0 radical (unpaired) electrons. The highest BCUT2D eigenvalue weighted by Crippen LogP contribution is 2.28. The zero-order valence-electron chi connectivity index (χ0n) is 14.1. The number of nitrogens with zero attached hydrogens (tertiary/aromatic N) is 2. The maximum absolute atomic E-state index is 12.7. The Morgan fingerprint density at radius 2 is 2.00 bits per heavy atom. The van der Waals surface area contributed by atoms with E-state index in [2.05, 4.69) is 18.0 Å². The van der Waals surface area contributed by atoms with Crippen LogP contribution in [0, 0.1) is 6.92 Å². The van der Waals surface area contributed by atoms with Crippen LogP contribution in [0.3, 0.4) is 0 Å². The van der Waals surface area contributed by atoms with Gasteiger partial charge in [0.05, 0.1) is 18.0 Å². The van der Waals surface area contributed by atoms with Crippen LogP contribution in [0.1, 0.15) is 18.1 Å². The lowest BCUT2D eigenvalue weighted by Gasteiger charge is -2.13. The SMILES string of the molecule is CCn1c(SCc2cc(C)ccc2OC)nc2ccccc2c1=O. The molecule has 3 aromatic rings. The van der Waals surface area contributed by atoms with Crippen LogP contribution in [0.15, 0.2) is 52.4 Å². The molecule has 0 spiro atoms. The Bertz CT molecular complexity index is 934. The summed E-state index contributed by atoms with van der Waals surface area (Å²) in [5.74, 6) is 1.56. The summed E-state index contributed by atoms with van der Waals surface area (Å²) in [7, 11) is 1.68. The van der Waals surface area contributed by atoms with Crippen LogP contribution in [0.2, 0.25) is 0 Å². The molecule has 0 aliphatic rings. The van der Waals surface area contributed by atoms with Gasteiger partial charge in [-0.1, -0.05) is 41.6 Å². The molecule has 0 saturated carbocycles. The van der Waals surface area contributed by atoms with Gasteiger partial charge in [0, 0.05) is 17.9 Å². The van der Waals surface area contributed by atoms with Crippen molar-refractivity contribution in [1.82, 2.24) is 9.55 Å². The van der Waals surface area contributed by atoms with Crippen LogP contribution in [0.25, 0.3) is 10.9 Å². The Labute approximate surface area is 145 Å². The fraction of sp³-hybridized carbons (Fsp3) is 0.263. The first-order valence-corrected chi connectivity index (χ1v) is 8.88. The van der Waals surface area contributed by atoms with Crippen molar-refractivity contribution in [2.24, 2.45) is 0 Å². The zero-order chi connectivity index (χ0) is 17.1. The molecule has 1 aromatic heterocycles. The average Bonchev–Trinajstić information content (AvgIpc) is 2.60. The third-order valence-corrected chi connectivity index (χ3v) is 4.96. The van der Waals surface area contributed by atoms with Gasteiger partial charge in [0.15, 0.2) is 5.16 Å². The molecule has 0 bridgehead atoms. The minimum Gasteiger partial charge on any atom is -0.496 e. The van der Waals surface area contributed by atoms with Gasteiger partial charge in [-0.15, -0.1) is 0 Å². The second-order valence-corrected chi connectivity index (χ2v) is 6.51. The summed E-state index contributed by atoms with van der Waals surface area (Å²) in [4.78, 5) is 17.3. The normalized spacial score (nSPS) is 11.0. The third-order valence-electron chi connectivity index (χ3n) is 3.94. The van der Waals surface area contributed by atoms with E-state index >= 15 is 0 Å². The Morgan fingerprint density at radius 3 is 2.75 bits per heavy atom. The molecule has 0 saturated heterocycles. The first kappa shape index (κ1) is 16.6. The van der Waals surface area contributed by atoms with E-state index in [0.29, 0.717) is 17.7 Å². The maximum atomic E-state index is 12.7. The predicted octanol–water partition coefficient (Wildman–Crippen LogP) is 4.03. The molecule has 1 heterocycles. The fourth-order valence-corrected chi connectivity index (χ4v) is 3.74. The van der Waals surface area contributed by atoms with Gasteiger partial charge < -0.3 is 4.74 Å². The zero-order valence-corrected chi connectivity index (χ0v) is 14.9. The van der Waals surface area contributed by atoms with Gasteiger partial charge in [-0.3, -0.25) is 9.36 Å². The third kappa shape index (κ3) is 3.17. The lowest BCUT2D eigenvalue weighted by atomic mass is 10.1. The van der Waals surface area contributed by atoms with Crippen LogP contribution < -0.4 is 10.3 Å². The highest BCUT2D eigenvalue weighted by molar-refractivity contribution is 7.98. The number of rotatable bonds is 5. The number of thioether (sulfide) groups is 1. The monoisotopic (exact) mass is 340 g/mol. The number of aryl methyl sites for hydroxylation is 1. The molecule has 2 aromatic carbocycles. The van der Waals surface area contributed by atoms with Crippen LogP contribution in [-0.4, -0.2) is 16.7 Å². The molecule has 24 heavy (non-hydrogen) atoms. The van der Waals surface area contributed by atoms with Gasteiger partial charge in [-0.2, -0.15) is 0 Å². The number of hydrogen-bond acceptors (Lipinski definition) is 4. The summed E-state index contributed by atoms with van der Waals surface area (Å²) >= 11 is 1.56. The van der Waals surface area contributed by atoms with Crippen LogP contribution in [-0.2, 0) is 12.3 Å². The average molecular weight is 340 g/mol. The van der Waals surface area contributed by atoms with E-state index < -0.39 is 0 Å². The number of fused-ring (bicyclic) bond motifs is 1. The van der Waals surface area contributed by atoms with Crippen molar-refractivity contribution in [2.75, 3.05) is 7.11 Å². The van der Waals surface area contributed by atoms with Gasteiger partial charge >= 0.3 is 0 Å². The molecule has 0 N–H and O–H groups in total. The molecular weight excluding hydrogens is 320 g/mol. The van der Waals surface area contributed by atoms with Gasteiger partial charge in [0.2, 0.25) is 0 Å². The van der Waals surface area contributed by atoms with E-state index in [9.17, 15) is 4.79 Å². The van der Waals surface area contributed by atoms with Crippen LogP contribution in [0.5, 0.6) is 5.75 Å².